The summed E-state index contributed by atoms with van der Waals surface area (Å²) in [5.74, 6) is 0.0413. The molecular formula is C13H17N3O3. The van der Waals surface area contributed by atoms with Crippen molar-refractivity contribution in [3.8, 4) is 0 Å². The second-order valence-electron chi connectivity index (χ2n) is 4.90. The fourth-order valence-electron chi connectivity index (χ4n) is 2.27. The molecule has 1 heterocycles. The van der Waals surface area contributed by atoms with Crippen LogP contribution in [0.5, 0.6) is 0 Å². The highest BCUT2D eigenvalue weighted by Gasteiger charge is 2.23. The first-order chi connectivity index (χ1) is 8.97. The van der Waals surface area contributed by atoms with Crippen molar-refractivity contribution in [2.45, 2.75) is 32.4 Å². The Hall–Kier alpha value is -1.95. The van der Waals surface area contributed by atoms with Gasteiger partial charge in [-0.05, 0) is 19.4 Å². The monoisotopic (exact) mass is 263 g/mol. The van der Waals surface area contributed by atoms with Crippen molar-refractivity contribution in [2.24, 2.45) is 0 Å². The quantitative estimate of drug-likeness (QED) is 0.636. The van der Waals surface area contributed by atoms with Crippen molar-refractivity contribution in [1.29, 1.82) is 0 Å². The highest BCUT2D eigenvalue weighted by Crippen LogP contribution is 2.23. The Kier molecular flexibility index (Phi) is 3.80. The molecule has 0 radical (unpaired) electrons. The van der Waals surface area contributed by atoms with Crippen LogP contribution in [0.3, 0.4) is 0 Å². The molecule has 0 aliphatic carbocycles. The molecule has 6 nitrogen and oxygen atoms in total. The van der Waals surface area contributed by atoms with Gasteiger partial charge in [-0.15, -0.1) is 0 Å². The molecule has 1 aliphatic rings. The van der Waals surface area contributed by atoms with Crippen LogP contribution in [0.4, 0.5) is 5.69 Å². The number of nitrogens with one attached hydrogen (secondary N) is 2. The number of nitro groups is 1. The van der Waals surface area contributed by atoms with E-state index < -0.39 is 0 Å². The van der Waals surface area contributed by atoms with Crippen molar-refractivity contribution in [3.05, 3.63) is 39.4 Å². The largest absolute Gasteiger partial charge is 0.354 e. The highest BCUT2D eigenvalue weighted by molar-refractivity contribution is 5.78. The number of rotatable bonds is 4. The summed E-state index contributed by atoms with van der Waals surface area (Å²) in [4.78, 5) is 21.7. The first-order valence-electron chi connectivity index (χ1n) is 6.25. The summed E-state index contributed by atoms with van der Waals surface area (Å²) in [6.07, 6.45) is 0.457. The molecule has 1 saturated heterocycles. The number of nitrogens with zero attached hydrogens (tertiary/aromatic N) is 1. The lowest BCUT2D eigenvalue weighted by atomic mass is 10.0. The molecule has 2 N–H and O–H groups in total. The number of amides is 1. The van der Waals surface area contributed by atoms with Crippen LogP contribution in [0.25, 0.3) is 0 Å². The van der Waals surface area contributed by atoms with Crippen molar-refractivity contribution in [1.82, 2.24) is 10.6 Å². The van der Waals surface area contributed by atoms with Gasteiger partial charge < -0.3 is 10.6 Å². The fourth-order valence-corrected chi connectivity index (χ4v) is 2.27. The average Bonchev–Trinajstić information content (AvgIpc) is 2.74. The zero-order valence-electron chi connectivity index (χ0n) is 11.0. The predicted octanol–water partition coefficient (Wildman–Crippen LogP) is 1.44. The summed E-state index contributed by atoms with van der Waals surface area (Å²) < 4.78 is 0. The third kappa shape index (κ3) is 3.08. The molecule has 1 aromatic rings. The molecule has 2 rings (SSSR count). The summed E-state index contributed by atoms with van der Waals surface area (Å²) in [7, 11) is 0. The summed E-state index contributed by atoms with van der Waals surface area (Å²) in [5.41, 5.74) is 1.64. The fraction of sp³-hybridized carbons (Fsp3) is 0.462. The molecule has 1 fully saturated rings. The van der Waals surface area contributed by atoms with Gasteiger partial charge in [-0.1, -0.05) is 12.1 Å². The van der Waals surface area contributed by atoms with Gasteiger partial charge in [0.15, 0.2) is 0 Å². The SMILES string of the molecule is Cc1ccc(C(C)NC2CNC(=O)C2)cc1[N+](=O)[O-]. The lowest BCUT2D eigenvalue weighted by molar-refractivity contribution is -0.385. The molecule has 1 aliphatic heterocycles. The Labute approximate surface area is 111 Å². The number of hydrogen-bond acceptors (Lipinski definition) is 4. The van der Waals surface area contributed by atoms with Gasteiger partial charge in [0.1, 0.15) is 0 Å². The van der Waals surface area contributed by atoms with Crippen LogP contribution in [0.15, 0.2) is 18.2 Å². The minimum Gasteiger partial charge on any atom is -0.354 e. The molecule has 0 aromatic heterocycles. The number of nitro benzene ring substituents is 1. The molecule has 0 saturated carbocycles. The Morgan fingerprint density at radius 2 is 2.26 bits per heavy atom. The highest BCUT2D eigenvalue weighted by atomic mass is 16.6. The smallest absolute Gasteiger partial charge is 0.272 e. The summed E-state index contributed by atoms with van der Waals surface area (Å²) >= 11 is 0. The van der Waals surface area contributed by atoms with Crippen LogP contribution in [0, 0.1) is 17.0 Å². The lowest BCUT2D eigenvalue weighted by Gasteiger charge is -2.18. The van der Waals surface area contributed by atoms with Gasteiger partial charge in [0, 0.05) is 36.7 Å². The van der Waals surface area contributed by atoms with Crippen LogP contribution in [-0.4, -0.2) is 23.4 Å². The summed E-state index contributed by atoms with van der Waals surface area (Å²) in [6.45, 7) is 4.27. The minimum atomic E-state index is -0.369. The number of benzene rings is 1. The third-order valence-electron chi connectivity index (χ3n) is 3.39. The molecule has 0 spiro atoms. The van der Waals surface area contributed by atoms with Gasteiger partial charge in [0.2, 0.25) is 5.91 Å². The second-order valence-corrected chi connectivity index (χ2v) is 4.90. The Bertz CT molecular complexity index is 516. The number of carbonyl (C=O) groups is 1. The zero-order chi connectivity index (χ0) is 14.0. The molecule has 2 atom stereocenters. The average molecular weight is 263 g/mol. The van der Waals surface area contributed by atoms with Crippen molar-refractivity contribution < 1.29 is 9.72 Å². The van der Waals surface area contributed by atoms with Gasteiger partial charge in [0.25, 0.3) is 5.69 Å². The van der Waals surface area contributed by atoms with E-state index in [2.05, 4.69) is 10.6 Å². The number of hydrogen-bond donors (Lipinski definition) is 2. The maximum absolute atomic E-state index is 11.1. The van der Waals surface area contributed by atoms with E-state index in [1.165, 1.54) is 0 Å². The van der Waals surface area contributed by atoms with Crippen LogP contribution in [0.2, 0.25) is 0 Å². The Morgan fingerprint density at radius 3 is 2.84 bits per heavy atom. The Balaban J connectivity index is 2.10. The van der Waals surface area contributed by atoms with E-state index in [0.717, 1.165) is 5.56 Å². The molecular weight excluding hydrogens is 246 g/mol. The van der Waals surface area contributed by atoms with E-state index in [1.54, 1.807) is 19.1 Å². The first-order valence-corrected chi connectivity index (χ1v) is 6.25. The summed E-state index contributed by atoms with van der Waals surface area (Å²) in [6, 6.07) is 5.28. The number of carbonyl (C=O) groups excluding carboxylic acids is 1. The molecule has 6 heteroatoms. The van der Waals surface area contributed by atoms with E-state index >= 15 is 0 Å². The third-order valence-corrected chi connectivity index (χ3v) is 3.39. The van der Waals surface area contributed by atoms with Crippen LogP contribution < -0.4 is 10.6 Å². The maximum Gasteiger partial charge on any atom is 0.272 e. The molecule has 19 heavy (non-hydrogen) atoms. The molecule has 102 valence electrons. The maximum atomic E-state index is 11.1. The zero-order valence-corrected chi connectivity index (χ0v) is 11.0. The normalized spacial score (nSPS) is 20.1. The summed E-state index contributed by atoms with van der Waals surface area (Å²) in [5, 5.41) is 17.0. The standard InChI is InChI=1S/C13H17N3O3/c1-8-3-4-10(5-12(8)16(18)19)9(2)15-11-6-13(17)14-7-11/h3-5,9,11,15H,6-7H2,1-2H3,(H,14,17). The Morgan fingerprint density at radius 1 is 1.53 bits per heavy atom. The van der Waals surface area contributed by atoms with Crippen LogP contribution >= 0.6 is 0 Å². The second kappa shape index (κ2) is 5.36. The van der Waals surface area contributed by atoms with Crippen molar-refractivity contribution in [2.75, 3.05) is 6.54 Å². The van der Waals surface area contributed by atoms with E-state index in [4.69, 9.17) is 0 Å². The van der Waals surface area contributed by atoms with Crippen LogP contribution in [0.1, 0.15) is 30.5 Å². The predicted molar refractivity (Wildman–Crippen MR) is 70.8 cm³/mol. The van der Waals surface area contributed by atoms with Gasteiger partial charge in [-0.2, -0.15) is 0 Å². The molecule has 1 amide bonds. The topological polar surface area (TPSA) is 84.3 Å². The molecule has 2 unspecified atom stereocenters. The molecule has 1 aromatic carbocycles. The van der Waals surface area contributed by atoms with Crippen molar-refractivity contribution in [3.63, 3.8) is 0 Å². The van der Waals surface area contributed by atoms with Crippen LogP contribution in [-0.2, 0) is 4.79 Å². The number of aryl methyl sites for hydroxylation is 1. The van der Waals surface area contributed by atoms with Gasteiger partial charge >= 0.3 is 0 Å². The van der Waals surface area contributed by atoms with E-state index in [-0.39, 0.29) is 28.6 Å². The van der Waals surface area contributed by atoms with E-state index in [9.17, 15) is 14.9 Å². The minimum absolute atomic E-state index is 0.0306. The van der Waals surface area contributed by atoms with E-state index in [1.807, 2.05) is 13.0 Å². The van der Waals surface area contributed by atoms with Gasteiger partial charge in [-0.3, -0.25) is 14.9 Å². The van der Waals surface area contributed by atoms with Gasteiger partial charge in [0.05, 0.1) is 4.92 Å². The van der Waals surface area contributed by atoms with E-state index in [0.29, 0.717) is 18.5 Å². The first kappa shape index (κ1) is 13.5. The van der Waals surface area contributed by atoms with Gasteiger partial charge in [-0.25, -0.2) is 0 Å². The van der Waals surface area contributed by atoms with Crippen molar-refractivity contribution >= 4 is 11.6 Å². The lowest BCUT2D eigenvalue weighted by Crippen LogP contribution is -2.33. The molecule has 0 bridgehead atoms.